The van der Waals surface area contributed by atoms with E-state index < -0.39 is 175 Å². The third-order valence-corrected chi connectivity index (χ3v) is 18.7. The molecular weight excluding hydrogens is 1450 g/mol. The van der Waals surface area contributed by atoms with Crippen molar-refractivity contribution in [1.29, 1.82) is 0 Å². The number of aliphatic imine (C=N–C) groups is 1. The van der Waals surface area contributed by atoms with Crippen LogP contribution in [0.2, 0.25) is 0 Å². The molecule has 36 nitrogen and oxygen atoms in total. The zero-order valence-electron chi connectivity index (χ0n) is 62.7. The fraction of sp³-hybridized carbons (Fsp3) is 0.589. The molecule has 0 aliphatic carbocycles. The predicted octanol–water partition coefficient (Wildman–Crippen LogP) is -2.57. The third-order valence-electron chi connectivity index (χ3n) is 18.1. The highest BCUT2D eigenvalue weighted by molar-refractivity contribution is 7.98. The van der Waals surface area contributed by atoms with Crippen LogP contribution in [0.15, 0.2) is 65.7 Å². The molecule has 20 N–H and O–H groups in total. The van der Waals surface area contributed by atoms with E-state index in [1.54, 1.807) is 80.8 Å². The molecule has 2 fully saturated rings. The van der Waals surface area contributed by atoms with Crippen LogP contribution < -0.4 is 81.4 Å². The van der Waals surface area contributed by atoms with Crippen molar-refractivity contribution < 1.29 is 81.8 Å². The molecule has 4 rings (SSSR count). The van der Waals surface area contributed by atoms with Crippen LogP contribution in [-0.4, -0.2) is 234 Å². The van der Waals surface area contributed by atoms with Gasteiger partial charge in [0.25, 0.3) is 0 Å². The second kappa shape index (κ2) is 49.9. The van der Waals surface area contributed by atoms with Crippen molar-refractivity contribution in [3.05, 3.63) is 83.2 Å². The van der Waals surface area contributed by atoms with Crippen molar-refractivity contribution in [2.45, 2.75) is 209 Å². The number of aliphatic carboxylic acids is 1. The molecule has 37 heteroatoms. The van der Waals surface area contributed by atoms with Gasteiger partial charge in [-0.3, -0.25) is 76.9 Å². The van der Waals surface area contributed by atoms with E-state index in [4.69, 9.17) is 29.5 Å². The molecular formula is C73H109N19O17S. The van der Waals surface area contributed by atoms with Crippen LogP contribution in [0.1, 0.15) is 147 Å². The number of thioether (sulfide) groups is 1. The first kappa shape index (κ1) is 91.5. The van der Waals surface area contributed by atoms with Gasteiger partial charge in [0, 0.05) is 77.7 Å². The highest BCUT2D eigenvalue weighted by Crippen LogP contribution is 2.24. The normalized spacial score (nSPS) is 15.8. The van der Waals surface area contributed by atoms with Gasteiger partial charge in [-0.05, 0) is 119 Å². The number of unbranched alkanes of at least 4 members (excludes halogenated alkanes) is 1. The molecule has 0 aromatic heterocycles. The summed E-state index contributed by atoms with van der Waals surface area (Å²) in [4.78, 5) is 227. The van der Waals surface area contributed by atoms with Crippen LogP contribution in [0.5, 0.6) is 0 Å². The molecule has 0 spiro atoms. The first-order chi connectivity index (χ1) is 52.5. The Morgan fingerprint density at radius 3 is 1.54 bits per heavy atom. The maximum absolute atomic E-state index is 15.0. The van der Waals surface area contributed by atoms with Gasteiger partial charge >= 0.3 is 5.97 Å². The van der Waals surface area contributed by atoms with Crippen LogP contribution >= 0.6 is 11.8 Å². The van der Waals surface area contributed by atoms with Gasteiger partial charge < -0.3 is 101 Å². The van der Waals surface area contributed by atoms with Crippen molar-refractivity contribution in [2.75, 3.05) is 57.8 Å². The van der Waals surface area contributed by atoms with Crippen molar-refractivity contribution in [1.82, 2.24) is 68.3 Å². The van der Waals surface area contributed by atoms with E-state index in [0.29, 0.717) is 42.6 Å². The van der Waals surface area contributed by atoms with Crippen molar-refractivity contribution >= 4 is 113 Å². The molecule has 2 heterocycles. The van der Waals surface area contributed by atoms with E-state index in [-0.39, 0.29) is 147 Å². The smallest absolute Gasteiger partial charge is 0.326 e. The van der Waals surface area contributed by atoms with E-state index in [1.165, 1.54) is 21.6 Å². The van der Waals surface area contributed by atoms with Crippen LogP contribution in [0.3, 0.4) is 0 Å². The summed E-state index contributed by atoms with van der Waals surface area (Å²) >= 11 is 1.39. The molecule has 604 valence electrons. The molecule has 0 saturated carbocycles. The molecule has 0 unspecified atom stereocenters. The SMILES string of the molecule is [C-]#[N+]CCCC(=O)N[C@@H](CCCN=C(N)N)C(=O)N1CCC[C@H]1C(=O)N[C@@H](CCCCNC(=O)CCCNC=O)C(=O)N1CCC[C@H]1C(=O)N[C@@H](CCC(N)=O)C(=O)N[C@@H](CCC(N)=O)C(=O)N[C@@H](Cc1ccccc1)C(=O)N[C@@H](Cc1ccccc1)C(=O)NCC(=O)N[C@@H](CC(C)C)C(=O)N[C@@H](CCSC)C(=O)O. The third kappa shape index (κ3) is 34.1. The van der Waals surface area contributed by atoms with Gasteiger partial charge in [-0.15, -0.1) is 0 Å². The monoisotopic (exact) mass is 1560 g/mol. The molecule has 0 radical (unpaired) electrons. The number of likely N-dealkylation sites (tertiary alicyclic amines) is 2. The fourth-order valence-electron chi connectivity index (χ4n) is 12.4. The molecule has 2 aliphatic heterocycles. The lowest BCUT2D eigenvalue weighted by atomic mass is 10.0. The molecule has 2 saturated heterocycles. The minimum absolute atomic E-state index is 0.0260. The van der Waals surface area contributed by atoms with Crippen LogP contribution in [0.25, 0.3) is 4.85 Å². The number of nitrogens with two attached hydrogens (primary N) is 4. The zero-order valence-corrected chi connectivity index (χ0v) is 63.5. The summed E-state index contributed by atoms with van der Waals surface area (Å²) < 4.78 is 0. The maximum Gasteiger partial charge on any atom is 0.326 e. The van der Waals surface area contributed by atoms with Gasteiger partial charge in [0.15, 0.2) is 5.96 Å². The lowest BCUT2D eigenvalue weighted by Crippen LogP contribution is -2.60. The summed E-state index contributed by atoms with van der Waals surface area (Å²) in [6.07, 6.45) is 2.50. The average Bonchev–Trinajstić information content (AvgIpc) is 1.63. The first-order valence-electron chi connectivity index (χ1n) is 37.0. The summed E-state index contributed by atoms with van der Waals surface area (Å²) in [5, 5.41) is 38.6. The number of nitrogens with zero attached hydrogens (tertiary/aromatic N) is 4. The molecule has 2 aromatic carbocycles. The summed E-state index contributed by atoms with van der Waals surface area (Å²) in [6, 6.07) is 3.08. The van der Waals surface area contributed by atoms with Gasteiger partial charge in [0.05, 0.1) is 6.54 Å². The van der Waals surface area contributed by atoms with Crippen molar-refractivity contribution in [3.63, 3.8) is 0 Å². The van der Waals surface area contributed by atoms with Gasteiger partial charge in [-0.2, -0.15) is 11.8 Å². The number of nitrogens with one attached hydrogen (secondary N) is 11. The highest BCUT2D eigenvalue weighted by Gasteiger charge is 2.43. The number of primary amides is 2. The predicted molar refractivity (Wildman–Crippen MR) is 406 cm³/mol. The summed E-state index contributed by atoms with van der Waals surface area (Å²) in [6.45, 7) is 10.7. The van der Waals surface area contributed by atoms with E-state index >= 15 is 4.79 Å². The van der Waals surface area contributed by atoms with Crippen LogP contribution in [-0.2, 0) is 89.6 Å². The average molecular weight is 1560 g/mol. The Balaban J connectivity index is 1.62. The standard InChI is InChI=1S/C73H109N19O17S/c1-45(2)40-53(66(102)88-52(72(108)109)32-39-110-4)84-62(98)43-82-63(99)54(41-46-18-7-5-8-19-46)89-67(103)55(42-47-20-9-6-10-21-47)90-65(101)48(28-30-58(74)94)85-64(100)49(29-31-59(75)95)86-68(104)56-24-16-38-92(56)71(107)51(22-11-12-35-80-60(96)26-15-34-79-44-93)87-69(105)57-25-17-37-91(57)70(106)50(23-13-36-81-73(76)77)83-61(97)27-14-33-78-3/h5-10,18-21,44-45,48-57H,11-17,22-43H2,1-2,4H3,(H2,74,94)(H2,75,95)(H,79,93)(H,80,96)(H,82,99)(H,83,97)(H,84,98)(H,85,100)(H,86,104)(H,87,105)(H,88,102)(H,89,103)(H,90,101)(H,108,109)(H4,76,77,81)/t48-,49-,50-,51-,52-,53-,54-,55-,56-,57-/m0/s1. The Morgan fingerprint density at radius 2 is 1.02 bits per heavy atom. The number of carboxylic acids is 1. The summed E-state index contributed by atoms with van der Waals surface area (Å²) in [5.41, 5.74) is 23.3. The molecule has 10 atom stereocenters. The lowest BCUT2D eigenvalue weighted by Gasteiger charge is -2.32. The van der Waals surface area contributed by atoms with Gasteiger partial charge in [0.1, 0.15) is 60.4 Å². The van der Waals surface area contributed by atoms with Gasteiger partial charge in [0.2, 0.25) is 95.7 Å². The Labute approximate surface area is 644 Å². The summed E-state index contributed by atoms with van der Waals surface area (Å²) in [5.74, 6) is -12.2. The quantitative estimate of drug-likeness (QED) is 0.0106. The highest BCUT2D eigenvalue weighted by atomic mass is 32.2. The van der Waals surface area contributed by atoms with Crippen LogP contribution in [0, 0.1) is 12.5 Å². The van der Waals surface area contributed by atoms with Crippen molar-refractivity contribution in [3.8, 4) is 0 Å². The Bertz CT molecular complexity index is 3510. The molecule has 15 amide bonds. The second-order valence-electron chi connectivity index (χ2n) is 27.3. The number of hydrogen-bond donors (Lipinski definition) is 16. The number of carbonyl (C=O) groups is 16. The topological polar surface area (TPSA) is 553 Å². The second-order valence-corrected chi connectivity index (χ2v) is 28.3. The van der Waals surface area contributed by atoms with Gasteiger partial charge in [-0.25, -0.2) is 11.4 Å². The molecule has 2 aromatic rings. The van der Waals surface area contributed by atoms with E-state index in [1.807, 2.05) is 0 Å². The van der Waals surface area contributed by atoms with Crippen molar-refractivity contribution in [2.24, 2.45) is 33.8 Å². The Kier molecular flexibility index (Phi) is 41.5. The van der Waals surface area contributed by atoms with E-state index in [2.05, 4.69) is 68.3 Å². The summed E-state index contributed by atoms with van der Waals surface area (Å²) in [7, 11) is 0. The number of carboxylic acid groups (broad SMARTS) is 1. The van der Waals surface area contributed by atoms with E-state index in [0.717, 1.165) is 0 Å². The number of hydrogen-bond acceptors (Lipinski definition) is 18. The van der Waals surface area contributed by atoms with E-state index in [9.17, 15) is 77.0 Å². The molecule has 110 heavy (non-hydrogen) atoms. The Morgan fingerprint density at radius 1 is 0.536 bits per heavy atom. The number of rotatable bonds is 52. The molecule has 0 bridgehead atoms. The number of carbonyl (C=O) groups excluding carboxylic acids is 15. The lowest BCUT2D eigenvalue weighted by molar-refractivity contribution is -0.144. The first-order valence-corrected chi connectivity index (χ1v) is 38.4. The number of benzene rings is 2. The maximum atomic E-state index is 15.0. The molecule has 2 aliphatic rings. The largest absolute Gasteiger partial charge is 0.480 e. The number of amides is 15. The fourth-order valence-corrected chi connectivity index (χ4v) is 12.9. The van der Waals surface area contributed by atoms with Gasteiger partial charge in [-0.1, -0.05) is 74.5 Å². The Hall–Kier alpha value is -10.9. The zero-order chi connectivity index (χ0) is 81.1. The minimum atomic E-state index is -1.70. The van der Waals surface area contributed by atoms with Crippen LogP contribution in [0.4, 0.5) is 0 Å². The minimum Gasteiger partial charge on any atom is -0.480 e. The number of guanidine groups is 1.